The minimum atomic E-state index is -0.456. The van der Waals surface area contributed by atoms with Crippen molar-refractivity contribution in [3.8, 4) is 6.07 Å². The van der Waals surface area contributed by atoms with Crippen LogP contribution in [0.2, 0.25) is 0 Å². The molecule has 0 atom stereocenters. The monoisotopic (exact) mass is 357 g/mol. The van der Waals surface area contributed by atoms with Crippen molar-refractivity contribution in [3.63, 3.8) is 0 Å². The van der Waals surface area contributed by atoms with E-state index in [9.17, 15) is 9.59 Å². The van der Waals surface area contributed by atoms with Crippen LogP contribution in [0.5, 0.6) is 0 Å². The van der Waals surface area contributed by atoms with Crippen LogP contribution in [0.15, 0.2) is 60.7 Å². The number of carbonyl (C=O) groups is 2. The Balaban J connectivity index is 1.68. The molecule has 0 saturated carbocycles. The molecule has 1 amide bonds. The summed E-state index contributed by atoms with van der Waals surface area (Å²) in [6.07, 6.45) is 0. The number of nitrogens with one attached hydrogen (secondary N) is 2. The molecule has 3 aromatic rings. The molecule has 132 valence electrons. The van der Waals surface area contributed by atoms with Crippen molar-refractivity contribution in [2.24, 2.45) is 0 Å². The van der Waals surface area contributed by atoms with Crippen LogP contribution >= 0.6 is 0 Å². The topological polar surface area (TPSA) is 108 Å². The van der Waals surface area contributed by atoms with Crippen LogP contribution in [-0.2, 0) is 0 Å². The van der Waals surface area contributed by atoms with Gasteiger partial charge in [0.1, 0.15) is 6.07 Å². The van der Waals surface area contributed by atoms with Crippen LogP contribution in [0.3, 0.4) is 0 Å². The zero-order chi connectivity index (χ0) is 19.2. The normalized spacial score (nSPS) is 9.93. The SMILES string of the molecule is CC(=O)c1ccc(Nc2ccc(C(=O)Nc3ccccc3C#N)nn2)cc1. The fraction of sp³-hybridized carbons (Fsp3) is 0.0500. The Hall–Kier alpha value is -4.05. The maximum atomic E-state index is 12.3. The standard InChI is InChI=1S/C20H15N5O2/c1-13(26)14-6-8-16(9-7-14)22-19-11-10-18(24-25-19)20(27)23-17-5-3-2-4-15(17)12-21/h2-11H,1H3,(H,22,25)(H,23,27). The lowest BCUT2D eigenvalue weighted by atomic mass is 10.1. The quantitative estimate of drug-likeness (QED) is 0.676. The molecule has 3 rings (SSSR count). The van der Waals surface area contributed by atoms with Gasteiger partial charge in [-0.1, -0.05) is 12.1 Å². The first-order chi connectivity index (χ1) is 13.1. The zero-order valence-electron chi connectivity index (χ0n) is 14.4. The van der Waals surface area contributed by atoms with E-state index in [2.05, 4.69) is 20.8 Å². The third-order valence-electron chi connectivity index (χ3n) is 3.76. The van der Waals surface area contributed by atoms with E-state index in [0.29, 0.717) is 22.6 Å². The Morgan fingerprint density at radius 2 is 1.70 bits per heavy atom. The Morgan fingerprint density at radius 1 is 0.963 bits per heavy atom. The summed E-state index contributed by atoms with van der Waals surface area (Å²) >= 11 is 0. The maximum Gasteiger partial charge on any atom is 0.276 e. The molecule has 27 heavy (non-hydrogen) atoms. The summed E-state index contributed by atoms with van der Waals surface area (Å²) in [4.78, 5) is 23.6. The molecular weight excluding hydrogens is 342 g/mol. The number of ketones is 1. The Kier molecular flexibility index (Phi) is 5.19. The van der Waals surface area contributed by atoms with Gasteiger partial charge in [0.2, 0.25) is 0 Å². The molecular formula is C20H15N5O2. The first kappa shape index (κ1) is 17.8. The number of aromatic nitrogens is 2. The third-order valence-corrected chi connectivity index (χ3v) is 3.76. The number of nitriles is 1. The van der Waals surface area contributed by atoms with Crippen LogP contribution < -0.4 is 10.6 Å². The minimum Gasteiger partial charge on any atom is -0.339 e. The first-order valence-corrected chi connectivity index (χ1v) is 8.09. The lowest BCUT2D eigenvalue weighted by molar-refractivity contribution is 0.101. The number of rotatable bonds is 5. The van der Waals surface area contributed by atoms with E-state index >= 15 is 0 Å². The zero-order valence-corrected chi connectivity index (χ0v) is 14.4. The lowest BCUT2D eigenvalue weighted by Gasteiger charge is -2.08. The van der Waals surface area contributed by atoms with E-state index in [1.807, 2.05) is 6.07 Å². The van der Waals surface area contributed by atoms with Gasteiger partial charge in [0.05, 0.1) is 11.3 Å². The average molecular weight is 357 g/mol. The summed E-state index contributed by atoms with van der Waals surface area (Å²) in [5.41, 5.74) is 2.27. The van der Waals surface area contributed by atoms with E-state index in [1.165, 1.54) is 13.0 Å². The molecule has 0 aliphatic carbocycles. The number of anilines is 3. The first-order valence-electron chi connectivity index (χ1n) is 8.09. The highest BCUT2D eigenvalue weighted by molar-refractivity contribution is 6.03. The van der Waals surface area contributed by atoms with E-state index in [0.717, 1.165) is 5.69 Å². The van der Waals surface area contributed by atoms with Crippen LogP contribution in [0.4, 0.5) is 17.2 Å². The van der Waals surface area contributed by atoms with Gasteiger partial charge in [-0.25, -0.2) is 0 Å². The summed E-state index contributed by atoms with van der Waals surface area (Å²) in [6, 6.07) is 18.8. The molecule has 0 aliphatic rings. The Bertz CT molecular complexity index is 1020. The highest BCUT2D eigenvalue weighted by Crippen LogP contribution is 2.17. The molecule has 2 aromatic carbocycles. The van der Waals surface area contributed by atoms with Gasteiger partial charge < -0.3 is 10.6 Å². The van der Waals surface area contributed by atoms with Crippen LogP contribution in [0, 0.1) is 11.3 Å². The summed E-state index contributed by atoms with van der Waals surface area (Å²) in [7, 11) is 0. The summed E-state index contributed by atoms with van der Waals surface area (Å²) in [5, 5.41) is 22.7. The number of para-hydroxylation sites is 1. The second kappa shape index (κ2) is 7.89. The fourth-order valence-electron chi connectivity index (χ4n) is 2.33. The van der Waals surface area contributed by atoms with Crippen LogP contribution in [0.1, 0.15) is 33.3 Å². The lowest BCUT2D eigenvalue weighted by Crippen LogP contribution is -2.15. The molecule has 0 unspecified atom stereocenters. The van der Waals surface area contributed by atoms with E-state index < -0.39 is 5.91 Å². The maximum absolute atomic E-state index is 12.3. The number of amides is 1. The molecule has 1 aromatic heterocycles. The van der Waals surface area contributed by atoms with Gasteiger partial charge in [-0.05, 0) is 55.5 Å². The average Bonchev–Trinajstić information content (AvgIpc) is 2.69. The third kappa shape index (κ3) is 4.32. The smallest absolute Gasteiger partial charge is 0.276 e. The van der Waals surface area contributed by atoms with Crippen molar-refractivity contribution in [1.82, 2.24) is 10.2 Å². The number of Topliss-reactive ketones (excluding diaryl/α,β-unsaturated/α-hetero) is 1. The highest BCUT2D eigenvalue weighted by atomic mass is 16.2. The Morgan fingerprint density at radius 3 is 2.33 bits per heavy atom. The van der Waals surface area contributed by atoms with Gasteiger partial charge in [0.15, 0.2) is 17.3 Å². The largest absolute Gasteiger partial charge is 0.339 e. The highest BCUT2D eigenvalue weighted by Gasteiger charge is 2.11. The molecule has 0 radical (unpaired) electrons. The van der Waals surface area contributed by atoms with Crippen molar-refractivity contribution in [1.29, 1.82) is 5.26 Å². The number of nitrogens with zero attached hydrogens (tertiary/aromatic N) is 3. The van der Waals surface area contributed by atoms with Gasteiger partial charge in [-0.3, -0.25) is 9.59 Å². The van der Waals surface area contributed by atoms with Crippen molar-refractivity contribution < 1.29 is 9.59 Å². The number of hydrogen-bond donors (Lipinski definition) is 2. The van der Waals surface area contributed by atoms with Crippen molar-refractivity contribution >= 4 is 28.9 Å². The number of benzene rings is 2. The second-order valence-electron chi connectivity index (χ2n) is 5.67. The minimum absolute atomic E-state index is 0.00493. The number of hydrogen-bond acceptors (Lipinski definition) is 6. The molecule has 0 spiro atoms. The van der Waals surface area contributed by atoms with Crippen molar-refractivity contribution in [2.45, 2.75) is 6.92 Å². The summed E-state index contributed by atoms with van der Waals surface area (Å²) in [6.45, 7) is 1.51. The molecule has 7 heteroatoms. The van der Waals surface area contributed by atoms with Gasteiger partial charge in [0, 0.05) is 11.3 Å². The molecule has 7 nitrogen and oxygen atoms in total. The summed E-state index contributed by atoms with van der Waals surface area (Å²) < 4.78 is 0. The number of carbonyl (C=O) groups excluding carboxylic acids is 2. The van der Waals surface area contributed by atoms with Crippen molar-refractivity contribution in [3.05, 3.63) is 77.5 Å². The molecule has 2 N–H and O–H groups in total. The molecule has 0 bridgehead atoms. The van der Waals surface area contributed by atoms with E-state index in [1.54, 1.807) is 54.6 Å². The van der Waals surface area contributed by atoms with Crippen LogP contribution in [0.25, 0.3) is 0 Å². The van der Waals surface area contributed by atoms with E-state index in [-0.39, 0.29) is 11.5 Å². The molecule has 1 heterocycles. The Labute approximate surface area is 155 Å². The van der Waals surface area contributed by atoms with Gasteiger partial charge in [-0.15, -0.1) is 10.2 Å². The predicted molar refractivity (Wildman–Crippen MR) is 101 cm³/mol. The molecule has 0 aliphatic heterocycles. The molecule has 0 saturated heterocycles. The second-order valence-corrected chi connectivity index (χ2v) is 5.67. The van der Waals surface area contributed by atoms with Crippen molar-refractivity contribution in [2.75, 3.05) is 10.6 Å². The van der Waals surface area contributed by atoms with Gasteiger partial charge >= 0.3 is 0 Å². The summed E-state index contributed by atoms with van der Waals surface area (Å²) in [5.74, 6) is -0.00297. The van der Waals surface area contributed by atoms with Crippen LogP contribution in [-0.4, -0.2) is 21.9 Å². The predicted octanol–water partition coefficient (Wildman–Crippen LogP) is 3.55. The van der Waals surface area contributed by atoms with Gasteiger partial charge in [0.25, 0.3) is 5.91 Å². The van der Waals surface area contributed by atoms with E-state index in [4.69, 9.17) is 5.26 Å². The van der Waals surface area contributed by atoms with Gasteiger partial charge in [-0.2, -0.15) is 5.26 Å². The fourth-order valence-corrected chi connectivity index (χ4v) is 2.33. The molecule has 0 fully saturated rings.